The molecule has 0 aliphatic carbocycles. The second-order valence-electron chi connectivity index (χ2n) is 5.37. The average molecular weight is 308 g/mol. The van der Waals surface area contributed by atoms with Crippen LogP contribution in [-0.4, -0.2) is 21.1 Å². The van der Waals surface area contributed by atoms with Crippen LogP contribution in [0.25, 0.3) is 22.2 Å². The molecule has 0 fully saturated rings. The second kappa shape index (κ2) is 6.20. The number of anilines is 1. The Morgan fingerprint density at radius 3 is 2.52 bits per heavy atom. The summed E-state index contributed by atoms with van der Waals surface area (Å²) in [7, 11) is 0. The number of hydrogen-bond acceptors (Lipinski definition) is 4. The Balaban J connectivity index is 2.35. The third-order valence-corrected chi connectivity index (χ3v) is 3.87. The minimum absolute atomic E-state index is 0.0215. The number of pyridine rings is 1. The fourth-order valence-electron chi connectivity index (χ4n) is 2.74. The fourth-order valence-corrected chi connectivity index (χ4v) is 2.74. The van der Waals surface area contributed by atoms with Crippen LogP contribution in [0, 0.1) is 6.92 Å². The first-order valence-corrected chi connectivity index (χ1v) is 7.87. The molecule has 2 aromatic heterocycles. The molecular formula is C18H20N4O. The Morgan fingerprint density at radius 1 is 1.13 bits per heavy atom. The fraction of sp³-hybridized carbons (Fsp3) is 0.278. The first kappa shape index (κ1) is 15.2. The molecule has 2 heterocycles. The SMILES string of the molecule is CCNc1nc(C)c2cc(-c3ccccc3)c(=O)n(CC)c2n1. The van der Waals surface area contributed by atoms with Crippen molar-refractivity contribution in [3.05, 3.63) is 52.4 Å². The van der Waals surface area contributed by atoms with Crippen molar-refractivity contribution in [1.29, 1.82) is 0 Å². The molecule has 0 bridgehead atoms. The van der Waals surface area contributed by atoms with Crippen LogP contribution in [0.3, 0.4) is 0 Å². The van der Waals surface area contributed by atoms with Crippen molar-refractivity contribution in [2.75, 3.05) is 11.9 Å². The summed E-state index contributed by atoms with van der Waals surface area (Å²) in [6.07, 6.45) is 0. The molecular weight excluding hydrogens is 288 g/mol. The van der Waals surface area contributed by atoms with Gasteiger partial charge in [-0.1, -0.05) is 30.3 Å². The molecule has 1 aromatic carbocycles. The molecule has 0 saturated heterocycles. The topological polar surface area (TPSA) is 59.8 Å². The molecule has 0 aliphatic heterocycles. The van der Waals surface area contributed by atoms with E-state index in [0.29, 0.717) is 23.7 Å². The number of hydrogen-bond donors (Lipinski definition) is 1. The van der Waals surface area contributed by atoms with E-state index < -0.39 is 0 Å². The van der Waals surface area contributed by atoms with E-state index >= 15 is 0 Å². The zero-order chi connectivity index (χ0) is 16.4. The number of aromatic nitrogens is 3. The van der Waals surface area contributed by atoms with Gasteiger partial charge >= 0.3 is 0 Å². The van der Waals surface area contributed by atoms with Crippen LogP contribution >= 0.6 is 0 Å². The van der Waals surface area contributed by atoms with E-state index in [1.165, 1.54) is 0 Å². The summed E-state index contributed by atoms with van der Waals surface area (Å²) in [5, 5.41) is 4.03. The molecule has 3 rings (SSSR count). The molecule has 5 heteroatoms. The van der Waals surface area contributed by atoms with E-state index in [2.05, 4.69) is 15.3 Å². The molecule has 0 spiro atoms. The normalized spacial score (nSPS) is 10.9. The van der Waals surface area contributed by atoms with Crippen molar-refractivity contribution in [3.8, 4) is 11.1 Å². The van der Waals surface area contributed by atoms with Crippen LogP contribution < -0.4 is 10.9 Å². The van der Waals surface area contributed by atoms with Crippen LogP contribution in [0.5, 0.6) is 0 Å². The third kappa shape index (κ3) is 2.70. The summed E-state index contributed by atoms with van der Waals surface area (Å²) in [6, 6.07) is 11.6. The molecule has 0 unspecified atom stereocenters. The lowest BCUT2D eigenvalue weighted by Gasteiger charge is -2.13. The van der Waals surface area contributed by atoms with Crippen molar-refractivity contribution < 1.29 is 0 Å². The van der Waals surface area contributed by atoms with E-state index in [4.69, 9.17) is 0 Å². The lowest BCUT2D eigenvalue weighted by molar-refractivity contribution is 0.749. The van der Waals surface area contributed by atoms with Crippen LogP contribution in [0.1, 0.15) is 19.5 Å². The predicted octanol–water partition coefficient (Wildman–Crippen LogP) is 3.22. The van der Waals surface area contributed by atoms with Crippen LogP contribution in [-0.2, 0) is 6.54 Å². The van der Waals surface area contributed by atoms with Gasteiger partial charge in [0.2, 0.25) is 5.95 Å². The van der Waals surface area contributed by atoms with Crippen molar-refractivity contribution in [2.45, 2.75) is 27.3 Å². The van der Waals surface area contributed by atoms with Gasteiger partial charge in [0.25, 0.3) is 5.56 Å². The van der Waals surface area contributed by atoms with E-state index in [1.54, 1.807) is 4.57 Å². The second-order valence-corrected chi connectivity index (χ2v) is 5.37. The zero-order valence-corrected chi connectivity index (χ0v) is 13.6. The minimum Gasteiger partial charge on any atom is -0.354 e. The number of aryl methyl sites for hydroxylation is 2. The summed E-state index contributed by atoms with van der Waals surface area (Å²) >= 11 is 0. The average Bonchev–Trinajstić information content (AvgIpc) is 2.56. The van der Waals surface area contributed by atoms with E-state index in [1.807, 2.05) is 57.2 Å². The Kier molecular flexibility index (Phi) is 4.10. The summed E-state index contributed by atoms with van der Waals surface area (Å²) in [5.74, 6) is 0.562. The smallest absolute Gasteiger partial charge is 0.260 e. The largest absolute Gasteiger partial charge is 0.354 e. The number of nitrogens with zero attached hydrogens (tertiary/aromatic N) is 3. The molecule has 0 aliphatic rings. The van der Waals surface area contributed by atoms with Gasteiger partial charge < -0.3 is 5.32 Å². The molecule has 0 radical (unpaired) electrons. The molecule has 23 heavy (non-hydrogen) atoms. The van der Waals surface area contributed by atoms with Gasteiger partial charge in [-0.2, -0.15) is 4.98 Å². The van der Waals surface area contributed by atoms with Crippen molar-refractivity contribution in [2.24, 2.45) is 0 Å². The quantitative estimate of drug-likeness (QED) is 0.804. The first-order chi connectivity index (χ1) is 11.2. The van der Waals surface area contributed by atoms with Gasteiger partial charge in [0.1, 0.15) is 5.65 Å². The van der Waals surface area contributed by atoms with Gasteiger partial charge in [0.05, 0.1) is 5.69 Å². The van der Waals surface area contributed by atoms with Crippen LogP contribution in [0.2, 0.25) is 0 Å². The maximum absolute atomic E-state index is 12.9. The van der Waals surface area contributed by atoms with Gasteiger partial charge in [0, 0.05) is 24.0 Å². The van der Waals surface area contributed by atoms with Gasteiger partial charge in [-0.3, -0.25) is 9.36 Å². The number of benzene rings is 1. The molecule has 1 N–H and O–H groups in total. The highest BCUT2D eigenvalue weighted by molar-refractivity contribution is 5.84. The number of fused-ring (bicyclic) bond motifs is 1. The summed E-state index contributed by atoms with van der Waals surface area (Å²) in [6.45, 7) is 7.21. The lowest BCUT2D eigenvalue weighted by atomic mass is 10.1. The molecule has 118 valence electrons. The molecule has 0 atom stereocenters. The van der Waals surface area contributed by atoms with Crippen molar-refractivity contribution in [3.63, 3.8) is 0 Å². The Hall–Kier alpha value is -2.69. The first-order valence-electron chi connectivity index (χ1n) is 7.87. The van der Waals surface area contributed by atoms with Gasteiger partial charge in [0.15, 0.2) is 0 Å². The highest BCUT2D eigenvalue weighted by Crippen LogP contribution is 2.22. The Bertz CT molecular complexity index is 900. The van der Waals surface area contributed by atoms with E-state index in [9.17, 15) is 4.79 Å². The Labute approximate surface area is 135 Å². The summed E-state index contributed by atoms with van der Waals surface area (Å²) < 4.78 is 1.72. The molecule has 0 saturated carbocycles. The van der Waals surface area contributed by atoms with Crippen LogP contribution in [0.15, 0.2) is 41.2 Å². The summed E-state index contributed by atoms with van der Waals surface area (Å²) in [5.41, 5.74) is 3.12. The maximum Gasteiger partial charge on any atom is 0.260 e. The molecule has 0 amide bonds. The molecule has 3 aromatic rings. The standard InChI is InChI=1S/C18H20N4O/c1-4-19-18-20-12(3)14-11-15(13-9-7-6-8-10-13)17(23)22(5-2)16(14)21-18/h6-11H,4-5H2,1-3H3,(H,19,20,21). The lowest BCUT2D eigenvalue weighted by Crippen LogP contribution is -2.23. The minimum atomic E-state index is -0.0215. The van der Waals surface area contributed by atoms with Gasteiger partial charge in [-0.25, -0.2) is 4.98 Å². The number of nitrogens with one attached hydrogen (secondary N) is 1. The van der Waals surface area contributed by atoms with Gasteiger partial charge in [-0.15, -0.1) is 0 Å². The highest BCUT2D eigenvalue weighted by Gasteiger charge is 2.14. The zero-order valence-electron chi connectivity index (χ0n) is 13.6. The Morgan fingerprint density at radius 2 is 1.87 bits per heavy atom. The summed E-state index contributed by atoms with van der Waals surface area (Å²) in [4.78, 5) is 21.9. The predicted molar refractivity (Wildman–Crippen MR) is 93.8 cm³/mol. The van der Waals surface area contributed by atoms with Crippen molar-refractivity contribution >= 4 is 17.0 Å². The monoisotopic (exact) mass is 308 g/mol. The number of rotatable bonds is 4. The molecule has 5 nitrogen and oxygen atoms in total. The van der Waals surface area contributed by atoms with Crippen LogP contribution in [0.4, 0.5) is 5.95 Å². The van der Waals surface area contributed by atoms with E-state index in [0.717, 1.165) is 23.2 Å². The van der Waals surface area contributed by atoms with Crippen molar-refractivity contribution in [1.82, 2.24) is 14.5 Å². The van der Waals surface area contributed by atoms with Gasteiger partial charge in [-0.05, 0) is 32.4 Å². The third-order valence-electron chi connectivity index (χ3n) is 3.87. The highest BCUT2D eigenvalue weighted by atomic mass is 16.1. The van der Waals surface area contributed by atoms with E-state index in [-0.39, 0.29) is 5.56 Å². The maximum atomic E-state index is 12.9.